The van der Waals surface area contributed by atoms with Crippen LogP contribution in [-0.4, -0.2) is 110 Å². The summed E-state index contributed by atoms with van der Waals surface area (Å²) in [6.07, 6.45) is 4.10. The molecule has 3 saturated heterocycles. The van der Waals surface area contributed by atoms with Gasteiger partial charge in [-0.2, -0.15) is 0 Å². The van der Waals surface area contributed by atoms with Crippen molar-refractivity contribution in [3.05, 3.63) is 6.67 Å². The van der Waals surface area contributed by atoms with Gasteiger partial charge in [-0.15, -0.1) is 0 Å². The van der Waals surface area contributed by atoms with E-state index in [4.69, 9.17) is 0 Å². The van der Waals surface area contributed by atoms with E-state index in [1.807, 2.05) is 0 Å². The zero-order chi connectivity index (χ0) is 15.2. The molecule has 3 fully saturated rings. The SMILES string of the molecule is CN1CCN(CCN2[C]N(CCCN3CCCC3)CC2)CC1. The Labute approximate surface area is 136 Å². The largest absolute Gasteiger partial charge is 0.304 e. The average Bonchev–Trinajstić information content (AvgIpc) is 3.19. The summed E-state index contributed by atoms with van der Waals surface area (Å²) in [4.78, 5) is 12.4. The lowest BCUT2D eigenvalue weighted by Crippen LogP contribution is -2.46. The van der Waals surface area contributed by atoms with E-state index in [9.17, 15) is 0 Å². The second-order valence-electron chi connectivity index (χ2n) is 7.12. The molecule has 5 heteroatoms. The molecule has 0 saturated carbocycles. The van der Waals surface area contributed by atoms with Crippen LogP contribution in [0.3, 0.4) is 0 Å². The molecule has 3 aliphatic heterocycles. The minimum absolute atomic E-state index is 1.15. The van der Waals surface area contributed by atoms with Crippen LogP contribution in [0.25, 0.3) is 0 Å². The summed E-state index contributed by atoms with van der Waals surface area (Å²) >= 11 is 0. The molecule has 0 N–H and O–H groups in total. The highest BCUT2D eigenvalue weighted by atomic mass is 15.4. The summed E-state index contributed by atoms with van der Waals surface area (Å²) in [5.41, 5.74) is 0. The Balaban J connectivity index is 1.24. The first-order chi connectivity index (χ1) is 10.8. The number of likely N-dealkylation sites (tertiary alicyclic amines) is 1. The van der Waals surface area contributed by atoms with E-state index in [-0.39, 0.29) is 0 Å². The molecule has 0 aromatic carbocycles. The van der Waals surface area contributed by atoms with Crippen molar-refractivity contribution >= 4 is 0 Å². The molecular formula is C17H33N5. The van der Waals surface area contributed by atoms with E-state index in [1.165, 1.54) is 84.7 Å². The summed E-state index contributed by atoms with van der Waals surface area (Å²) in [6, 6.07) is 0. The first-order valence-electron chi connectivity index (χ1n) is 9.19. The molecule has 3 rings (SSSR count). The second kappa shape index (κ2) is 8.60. The minimum Gasteiger partial charge on any atom is -0.304 e. The highest BCUT2D eigenvalue weighted by Gasteiger charge is 2.22. The number of likely N-dealkylation sites (N-methyl/N-ethyl adjacent to an activating group) is 1. The fourth-order valence-electron chi connectivity index (χ4n) is 3.69. The standard InChI is InChI=1S/C17H33N5/c1-18-9-11-20(12-10-18)13-14-22-16-15-21(17-22)8-4-7-19-5-2-3-6-19/h2-16H2,1H3. The molecule has 0 aromatic heterocycles. The molecule has 0 bridgehead atoms. The lowest BCUT2D eigenvalue weighted by atomic mass is 10.3. The molecule has 126 valence electrons. The van der Waals surface area contributed by atoms with E-state index >= 15 is 0 Å². The predicted molar refractivity (Wildman–Crippen MR) is 90.6 cm³/mol. The summed E-state index contributed by atoms with van der Waals surface area (Å²) in [5.74, 6) is 0. The van der Waals surface area contributed by atoms with Crippen LogP contribution >= 0.6 is 0 Å². The fourth-order valence-corrected chi connectivity index (χ4v) is 3.69. The van der Waals surface area contributed by atoms with Gasteiger partial charge < -0.3 is 9.80 Å². The van der Waals surface area contributed by atoms with Gasteiger partial charge in [-0.3, -0.25) is 14.7 Å². The molecular weight excluding hydrogens is 274 g/mol. The Bertz CT molecular complexity index is 310. The molecule has 0 aliphatic carbocycles. The van der Waals surface area contributed by atoms with Crippen LogP contribution in [0.1, 0.15) is 19.3 Å². The fraction of sp³-hybridized carbons (Fsp3) is 0.941. The predicted octanol–water partition coefficient (Wildman–Crippen LogP) is 0.334. The monoisotopic (exact) mass is 307 g/mol. The van der Waals surface area contributed by atoms with Gasteiger partial charge in [0, 0.05) is 58.9 Å². The third-order valence-corrected chi connectivity index (χ3v) is 5.31. The zero-order valence-corrected chi connectivity index (χ0v) is 14.3. The number of piperazine rings is 1. The lowest BCUT2D eigenvalue weighted by molar-refractivity contribution is 0.142. The van der Waals surface area contributed by atoms with Gasteiger partial charge in [0.1, 0.15) is 6.67 Å². The molecule has 0 spiro atoms. The first kappa shape index (κ1) is 16.7. The third-order valence-electron chi connectivity index (χ3n) is 5.31. The van der Waals surface area contributed by atoms with Crippen molar-refractivity contribution in [3.8, 4) is 0 Å². The third kappa shape index (κ3) is 5.17. The normalized spacial score (nSPS) is 27.1. The van der Waals surface area contributed by atoms with Crippen molar-refractivity contribution in [2.75, 3.05) is 85.6 Å². The number of hydrogen-bond donors (Lipinski definition) is 0. The Morgan fingerprint density at radius 2 is 1.27 bits per heavy atom. The maximum absolute atomic E-state index is 3.58. The summed E-state index contributed by atoms with van der Waals surface area (Å²) in [7, 11) is 2.22. The second-order valence-corrected chi connectivity index (χ2v) is 7.12. The first-order valence-corrected chi connectivity index (χ1v) is 9.19. The van der Waals surface area contributed by atoms with Crippen molar-refractivity contribution in [3.63, 3.8) is 0 Å². The van der Waals surface area contributed by atoms with Gasteiger partial charge in [0.25, 0.3) is 0 Å². The van der Waals surface area contributed by atoms with Crippen molar-refractivity contribution in [2.45, 2.75) is 19.3 Å². The van der Waals surface area contributed by atoms with E-state index in [1.54, 1.807) is 0 Å². The highest BCUT2D eigenvalue weighted by Crippen LogP contribution is 2.12. The van der Waals surface area contributed by atoms with Crippen LogP contribution in [-0.2, 0) is 0 Å². The number of rotatable bonds is 7. The minimum atomic E-state index is 1.15. The molecule has 3 aliphatic rings. The van der Waals surface area contributed by atoms with Crippen molar-refractivity contribution in [2.24, 2.45) is 0 Å². The molecule has 5 nitrogen and oxygen atoms in total. The topological polar surface area (TPSA) is 16.2 Å². The summed E-state index contributed by atoms with van der Waals surface area (Å²) in [5, 5.41) is 0. The van der Waals surface area contributed by atoms with Gasteiger partial charge in [0.2, 0.25) is 0 Å². The van der Waals surface area contributed by atoms with Crippen molar-refractivity contribution in [1.82, 2.24) is 24.5 Å². The van der Waals surface area contributed by atoms with Crippen LogP contribution in [0.2, 0.25) is 0 Å². The average molecular weight is 307 g/mol. The van der Waals surface area contributed by atoms with Gasteiger partial charge in [0.15, 0.2) is 0 Å². The molecule has 3 heterocycles. The maximum Gasteiger partial charge on any atom is 0.146 e. The van der Waals surface area contributed by atoms with E-state index < -0.39 is 0 Å². The van der Waals surface area contributed by atoms with Gasteiger partial charge in [-0.1, -0.05) is 0 Å². The smallest absolute Gasteiger partial charge is 0.146 e. The zero-order valence-electron chi connectivity index (χ0n) is 14.3. The van der Waals surface area contributed by atoms with Crippen LogP contribution < -0.4 is 0 Å². The van der Waals surface area contributed by atoms with Crippen LogP contribution in [0.5, 0.6) is 0 Å². The highest BCUT2D eigenvalue weighted by molar-refractivity contribution is 4.82. The quantitative estimate of drug-likeness (QED) is 0.672. The van der Waals surface area contributed by atoms with Gasteiger partial charge in [-0.25, -0.2) is 0 Å². The van der Waals surface area contributed by atoms with E-state index in [0.717, 1.165) is 13.1 Å². The summed E-state index contributed by atoms with van der Waals surface area (Å²) < 4.78 is 0. The lowest BCUT2D eigenvalue weighted by Gasteiger charge is -2.33. The van der Waals surface area contributed by atoms with E-state index in [2.05, 4.69) is 38.2 Å². The Morgan fingerprint density at radius 3 is 2.00 bits per heavy atom. The maximum atomic E-state index is 3.58. The Kier molecular flexibility index (Phi) is 6.51. The molecule has 0 aromatic rings. The van der Waals surface area contributed by atoms with E-state index in [0.29, 0.717) is 0 Å². The molecule has 0 atom stereocenters. The molecule has 0 unspecified atom stereocenters. The molecule has 2 radical (unpaired) electrons. The molecule has 0 amide bonds. The van der Waals surface area contributed by atoms with Crippen LogP contribution in [0.4, 0.5) is 0 Å². The van der Waals surface area contributed by atoms with Crippen LogP contribution in [0, 0.1) is 6.67 Å². The van der Waals surface area contributed by atoms with Crippen molar-refractivity contribution in [1.29, 1.82) is 0 Å². The number of nitrogens with zero attached hydrogens (tertiary/aromatic N) is 5. The Morgan fingerprint density at radius 1 is 0.636 bits per heavy atom. The van der Waals surface area contributed by atoms with Crippen LogP contribution in [0.15, 0.2) is 0 Å². The Hall–Kier alpha value is -0.200. The van der Waals surface area contributed by atoms with Gasteiger partial charge >= 0.3 is 0 Å². The summed E-state index contributed by atoms with van der Waals surface area (Å²) in [6.45, 7) is 18.2. The number of hydrogen-bond acceptors (Lipinski definition) is 5. The van der Waals surface area contributed by atoms with Gasteiger partial charge in [0.05, 0.1) is 0 Å². The van der Waals surface area contributed by atoms with Crippen molar-refractivity contribution < 1.29 is 0 Å². The molecule has 22 heavy (non-hydrogen) atoms. The van der Waals surface area contributed by atoms with Gasteiger partial charge in [-0.05, 0) is 45.9 Å².